The minimum absolute atomic E-state index is 0.102. The monoisotopic (exact) mass is 564 g/mol. The lowest BCUT2D eigenvalue weighted by atomic mass is 9.99. The van der Waals surface area contributed by atoms with Gasteiger partial charge in [-0.1, -0.05) is 49.0 Å². The summed E-state index contributed by atoms with van der Waals surface area (Å²) < 4.78 is 1.48. The third kappa shape index (κ3) is 6.35. The number of amides is 2. The molecule has 0 unspecified atom stereocenters. The van der Waals surface area contributed by atoms with Gasteiger partial charge in [0.15, 0.2) is 0 Å². The second-order valence-corrected chi connectivity index (χ2v) is 10.3. The van der Waals surface area contributed by atoms with E-state index in [0.717, 1.165) is 31.5 Å². The number of anilines is 2. The minimum atomic E-state index is -0.402. The molecular formula is C27H26Cl2N8O2. The Morgan fingerprint density at radius 2 is 2.08 bits per heavy atom. The first-order valence-electron chi connectivity index (χ1n) is 12.6. The second-order valence-electron chi connectivity index (χ2n) is 9.46. The van der Waals surface area contributed by atoms with Crippen LogP contribution in [0.3, 0.4) is 0 Å². The summed E-state index contributed by atoms with van der Waals surface area (Å²) in [5, 5.41) is 18.0. The fourth-order valence-corrected chi connectivity index (χ4v) is 5.01. The van der Waals surface area contributed by atoms with Crippen LogP contribution >= 0.6 is 23.2 Å². The van der Waals surface area contributed by atoms with Crippen LogP contribution < -0.4 is 10.6 Å². The molecular weight excluding hydrogens is 539 g/mol. The van der Waals surface area contributed by atoms with Crippen molar-refractivity contribution >= 4 is 52.5 Å². The Balaban J connectivity index is 1.48. The molecule has 2 aromatic heterocycles. The molecule has 200 valence electrons. The van der Waals surface area contributed by atoms with Crippen molar-refractivity contribution < 1.29 is 9.59 Å². The lowest BCUT2D eigenvalue weighted by molar-refractivity contribution is -0.117. The van der Waals surface area contributed by atoms with Crippen LogP contribution in [0.5, 0.6) is 0 Å². The van der Waals surface area contributed by atoms with E-state index < -0.39 is 5.91 Å². The number of fused-ring (bicyclic) bond motifs is 4. The van der Waals surface area contributed by atoms with Gasteiger partial charge in [0.05, 0.1) is 22.6 Å². The largest absolute Gasteiger partial charge is 0.333 e. The predicted octanol–water partition coefficient (Wildman–Crippen LogP) is 5.70. The Morgan fingerprint density at radius 3 is 2.90 bits per heavy atom. The lowest BCUT2D eigenvalue weighted by Gasteiger charge is -2.16. The van der Waals surface area contributed by atoms with Gasteiger partial charge in [0.25, 0.3) is 0 Å². The number of rotatable bonds is 4. The van der Waals surface area contributed by atoms with Crippen molar-refractivity contribution in [2.24, 2.45) is 5.92 Å². The molecule has 0 saturated carbocycles. The highest BCUT2D eigenvalue weighted by atomic mass is 35.5. The summed E-state index contributed by atoms with van der Waals surface area (Å²) >= 11 is 12.8. The molecule has 12 heteroatoms. The number of H-pyrrole nitrogens is 1. The number of hydrogen-bond acceptors (Lipinski definition) is 6. The molecule has 39 heavy (non-hydrogen) atoms. The van der Waals surface area contributed by atoms with Crippen molar-refractivity contribution in [2.75, 3.05) is 10.6 Å². The maximum Gasteiger partial charge on any atom is 0.248 e. The number of nitrogens with zero attached hydrogens (tertiary/aromatic N) is 5. The number of aromatic amines is 1. The molecule has 10 nitrogen and oxygen atoms in total. The highest BCUT2D eigenvalue weighted by molar-refractivity contribution is 6.32. The van der Waals surface area contributed by atoms with E-state index in [-0.39, 0.29) is 11.8 Å². The summed E-state index contributed by atoms with van der Waals surface area (Å²) in [5.74, 6) is 0.508. The van der Waals surface area contributed by atoms with E-state index in [1.165, 1.54) is 17.1 Å². The summed E-state index contributed by atoms with van der Waals surface area (Å²) in [5.41, 5.74) is 3.27. The number of aromatic nitrogens is 6. The Kier molecular flexibility index (Phi) is 8.04. The van der Waals surface area contributed by atoms with Gasteiger partial charge in [-0.15, -0.1) is 5.10 Å². The molecule has 4 aromatic rings. The zero-order valence-corrected chi connectivity index (χ0v) is 22.6. The molecule has 1 aliphatic heterocycles. The fourth-order valence-electron chi connectivity index (χ4n) is 4.58. The number of carbonyl (C=O) groups is 2. The normalized spacial score (nSPS) is 16.1. The molecule has 0 radical (unpaired) electrons. The van der Waals surface area contributed by atoms with Crippen LogP contribution in [0.25, 0.3) is 23.0 Å². The van der Waals surface area contributed by atoms with Crippen LogP contribution in [-0.4, -0.2) is 42.0 Å². The number of nitrogens with one attached hydrogen (secondary N) is 3. The third-order valence-corrected chi connectivity index (χ3v) is 6.94. The van der Waals surface area contributed by atoms with Crippen LogP contribution in [0.1, 0.15) is 44.0 Å². The van der Waals surface area contributed by atoms with Gasteiger partial charge in [-0.05, 0) is 59.2 Å². The fraction of sp³-hybridized carbons (Fsp3) is 0.259. The second kappa shape index (κ2) is 11.8. The molecule has 5 rings (SSSR count). The minimum Gasteiger partial charge on any atom is -0.333 e. The summed E-state index contributed by atoms with van der Waals surface area (Å²) in [6, 6.07) is 10.5. The SMILES string of the molecule is C[C@H]1CCCCc2nc(c(Cl)[nH]2)-c2c(NC(=O)C=Cc3cc(Cl)ccc3-n3cnnn3)cccc2NC(=O)C1. The Hall–Kier alpha value is -4.02. The number of imidazole rings is 1. The highest BCUT2D eigenvalue weighted by Gasteiger charge is 2.21. The van der Waals surface area contributed by atoms with Gasteiger partial charge >= 0.3 is 0 Å². The van der Waals surface area contributed by atoms with Gasteiger partial charge in [0, 0.05) is 29.5 Å². The van der Waals surface area contributed by atoms with Crippen LogP contribution in [0.15, 0.2) is 48.8 Å². The molecule has 0 fully saturated rings. The van der Waals surface area contributed by atoms with E-state index in [4.69, 9.17) is 28.2 Å². The van der Waals surface area contributed by atoms with Crippen molar-refractivity contribution in [2.45, 2.75) is 39.0 Å². The van der Waals surface area contributed by atoms with E-state index in [9.17, 15) is 9.59 Å². The predicted molar refractivity (Wildman–Crippen MR) is 151 cm³/mol. The van der Waals surface area contributed by atoms with Gasteiger partial charge in [0.1, 0.15) is 23.0 Å². The molecule has 2 amide bonds. The number of halogens is 2. The van der Waals surface area contributed by atoms with Gasteiger partial charge in [-0.25, -0.2) is 4.98 Å². The molecule has 0 spiro atoms. The summed E-state index contributed by atoms with van der Waals surface area (Å²) in [7, 11) is 0. The zero-order chi connectivity index (χ0) is 27.4. The topological polar surface area (TPSA) is 130 Å². The van der Waals surface area contributed by atoms with Gasteiger partial charge in [-0.2, -0.15) is 4.68 Å². The highest BCUT2D eigenvalue weighted by Crippen LogP contribution is 2.38. The summed E-state index contributed by atoms with van der Waals surface area (Å²) in [4.78, 5) is 33.8. The Morgan fingerprint density at radius 1 is 1.21 bits per heavy atom. The van der Waals surface area contributed by atoms with Crippen molar-refractivity contribution in [1.82, 2.24) is 30.2 Å². The first kappa shape index (κ1) is 26.6. The standard InChI is InChI=1S/C27H26Cl2N8O2/c1-16-5-2-3-8-22-33-26(27(29)34-22)25-19(6-4-7-20(25)32-24(39)13-16)31-23(38)12-9-17-14-18(28)10-11-21(17)37-15-30-35-36-37/h4,6-7,9-12,14-16H,2-3,5,8,13H2,1H3,(H,31,38)(H,32,39)(H,33,34)/t16-/m0/s1. The maximum absolute atomic E-state index is 13.1. The molecule has 0 aliphatic carbocycles. The van der Waals surface area contributed by atoms with Crippen LogP contribution in [0.4, 0.5) is 11.4 Å². The van der Waals surface area contributed by atoms with Crippen LogP contribution in [0.2, 0.25) is 10.2 Å². The molecule has 3 N–H and O–H groups in total. The third-order valence-electron chi connectivity index (χ3n) is 6.44. The van der Waals surface area contributed by atoms with E-state index in [1.54, 1.807) is 42.5 Å². The molecule has 0 saturated heterocycles. The van der Waals surface area contributed by atoms with Crippen molar-refractivity contribution in [3.8, 4) is 16.9 Å². The van der Waals surface area contributed by atoms with Crippen molar-refractivity contribution in [1.29, 1.82) is 0 Å². The average molecular weight is 565 g/mol. The van der Waals surface area contributed by atoms with E-state index >= 15 is 0 Å². The Bertz CT molecular complexity index is 1530. The van der Waals surface area contributed by atoms with Crippen LogP contribution in [-0.2, 0) is 16.0 Å². The van der Waals surface area contributed by atoms with E-state index in [0.29, 0.717) is 50.5 Å². The first-order chi connectivity index (χ1) is 18.9. The van der Waals surface area contributed by atoms with Gasteiger partial charge < -0.3 is 15.6 Å². The maximum atomic E-state index is 13.1. The van der Waals surface area contributed by atoms with Crippen molar-refractivity contribution in [3.05, 3.63) is 70.4 Å². The van der Waals surface area contributed by atoms with Crippen LogP contribution in [0, 0.1) is 5.92 Å². The number of carbonyl (C=O) groups excluding carboxylic acids is 2. The average Bonchev–Trinajstić information content (AvgIpc) is 3.55. The Labute approximate surface area is 234 Å². The smallest absolute Gasteiger partial charge is 0.248 e. The lowest BCUT2D eigenvalue weighted by Crippen LogP contribution is -2.17. The zero-order valence-electron chi connectivity index (χ0n) is 21.1. The number of tetrazole rings is 1. The number of benzene rings is 2. The molecule has 2 bridgehead atoms. The summed E-state index contributed by atoms with van der Waals surface area (Å²) in [6.07, 6.45) is 8.48. The molecule has 1 aliphatic rings. The van der Waals surface area contributed by atoms with Gasteiger partial charge in [-0.3, -0.25) is 9.59 Å². The molecule has 2 aromatic carbocycles. The number of aryl methyl sites for hydroxylation is 1. The molecule has 1 atom stereocenters. The molecule has 3 heterocycles. The summed E-state index contributed by atoms with van der Waals surface area (Å²) in [6.45, 7) is 2.08. The first-order valence-corrected chi connectivity index (χ1v) is 13.3. The quantitative estimate of drug-likeness (QED) is 0.272. The number of hydrogen-bond donors (Lipinski definition) is 3. The van der Waals surface area contributed by atoms with E-state index in [2.05, 4.69) is 38.1 Å². The van der Waals surface area contributed by atoms with E-state index in [1.807, 2.05) is 0 Å². The van der Waals surface area contributed by atoms with Gasteiger partial charge in [0.2, 0.25) is 11.8 Å². The van der Waals surface area contributed by atoms with Crippen molar-refractivity contribution in [3.63, 3.8) is 0 Å².